The van der Waals surface area contributed by atoms with E-state index in [1.807, 2.05) is 0 Å². The van der Waals surface area contributed by atoms with E-state index in [4.69, 9.17) is 0 Å². The first kappa shape index (κ1) is 17.9. The van der Waals surface area contributed by atoms with Crippen LogP contribution in [-0.2, 0) is 14.8 Å². The van der Waals surface area contributed by atoms with Crippen molar-refractivity contribution in [1.82, 2.24) is 9.29 Å². The lowest BCUT2D eigenvalue weighted by atomic mass is 10.2. The second kappa shape index (κ2) is 6.78. The zero-order chi connectivity index (χ0) is 18.2. The summed E-state index contributed by atoms with van der Waals surface area (Å²) in [5, 5.41) is 16.8. The molecule has 1 unspecified atom stereocenters. The van der Waals surface area contributed by atoms with E-state index >= 15 is 0 Å². The van der Waals surface area contributed by atoms with Crippen LogP contribution in [0.2, 0.25) is 0 Å². The van der Waals surface area contributed by atoms with Crippen LogP contribution in [0.25, 0.3) is 10.6 Å². The molecule has 1 aliphatic rings. The van der Waals surface area contributed by atoms with Crippen LogP contribution in [0, 0.1) is 10.1 Å². The number of amides is 1. The molecular formula is C13H14N4O5S3. The molecule has 1 amide bonds. The van der Waals surface area contributed by atoms with Gasteiger partial charge in [-0.15, -0.1) is 22.7 Å². The number of thiophene rings is 1. The number of anilines is 1. The summed E-state index contributed by atoms with van der Waals surface area (Å²) in [6, 6.07) is 0.693. The van der Waals surface area contributed by atoms with Crippen molar-refractivity contribution in [3.05, 3.63) is 26.9 Å². The molecule has 2 aromatic rings. The van der Waals surface area contributed by atoms with Gasteiger partial charge in [-0.3, -0.25) is 14.9 Å². The molecule has 0 bridgehead atoms. The first-order valence-corrected chi connectivity index (χ1v) is 10.8. The van der Waals surface area contributed by atoms with E-state index in [2.05, 4.69) is 10.3 Å². The Morgan fingerprint density at radius 1 is 1.44 bits per heavy atom. The van der Waals surface area contributed by atoms with Gasteiger partial charge < -0.3 is 5.32 Å². The molecule has 3 heterocycles. The number of rotatable bonds is 5. The van der Waals surface area contributed by atoms with Gasteiger partial charge in [-0.1, -0.05) is 0 Å². The lowest BCUT2D eigenvalue weighted by Gasteiger charge is -2.20. The number of nitrogens with one attached hydrogen (secondary N) is 1. The smallest absolute Gasteiger partial charge is 0.280 e. The van der Waals surface area contributed by atoms with Gasteiger partial charge >= 0.3 is 0 Å². The van der Waals surface area contributed by atoms with Crippen LogP contribution in [0.3, 0.4) is 0 Å². The van der Waals surface area contributed by atoms with E-state index in [9.17, 15) is 23.3 Å². The fraction of sp³-hybridized carbons (Fsp3) is 0.385. The molecule has 0 saturated carbocycles. The maximum atomic E-state index is 12.4. The van der Waals surface area contributed by atoms with Gasteiger partial charge in [-0.05, 0) is 12.8 Å². The zero-order valence-electron chi connectivity index (χ0n) is 13.0. The summed E-state index contributed by atoms with van der Waals surface area (Å²) in [4.78, 5) is 27.5. The van der Waals surface area contributed by atoms with Gasteiger partial charge in [0.1, 0.15) is 6.04 Å². The Kier molecular flexibility index (Phi) is 4.86. The molecule has 0 aliphatic carbocycles. The molecule has 0 radical (unpaired) electrons. The highest BCUT2D eigenvalue weighted by Gasteiger charge is 2.36. The van der Waals surface area contributed by atoms with Crippen LogP contribution in [0.1, 0.15) is 12.8 Å². The summed E-state index contributed by atoms with van der Waals surface area (Å²) in [7, 11) is -3.44. The minimum Gasteiger partial charge on any atom is -0.301 e. The average molecular weight is 402 g/mol. The molecule has 0 aromatic carbocycles. The average Bonchev–Trinajstić information content (AvgIpc) is 3.26. The first-order chi connectivity index (χ1) is 11.8. The van der Waals surface area contributed by atoms with Crippen molar-refractivity contribution in [3.8, 4) is 10.6 Å². The van der Waals surface area contributed by atoms with Crippen LogP contribution >= 0.6 is 22.7 Å². The number of hydrogen-bond acceptors (Lipinski definition) is 8. The number of sulfonamides is 1. The zero-order valence-corrected chi connectivity index (χ0v) is 15.5. The van der Waals surface area contributed by atoms with E-state index in [0.717, 1.165) is 6.26 Å². The van der Waals surface area contributed by atoms with Gasteiger partial charge in [0.05, 0.1) is 27.1 Å². The Hall–Kier alpha value is -1.89. The maximum absolute atomic E-state index is 12.4. The lowest BCUT2D eigenvalue weighted by Crippen LogP contribution is -2.42. The van der Waals surface area contributed by atoms with Gasteiger partial charge in [0, 0.05) is 18.0 Å². The monoisotopic (exact) mass is 402 g/mol. The third-order valence-electron chi connectivity index (χ3n) is 3.72. The van der Waals surface area contributed by atoms with E-state index in [1.54, 1.807) is 5.38 Å². The molecule has 1 atom stereocenters. The van der Waals surface area contributed by atoms with E-state index < -0.39 is 26.9 Å². The molecule has 1 saturated heterocycles. The van der Waals surface area contributed by atoms with Crippen molar-refractivity contribution in [2.45, 2.75) is 18.9 Å². The number of carbonyl (C=O) groups is 1. The second-order valence-electron chi connectivity index (χ2n) is 5.49. The molecule has 9 nitrogen and oxygen atoms in total. The molecule has 25 heavy (non-hydrogen) atoms. The number of hydrogen-bond donors (Lipinski definition) is 1. The van der Waals surface area contributed by atoms with Crippen molar-refractivity contribution in [2.24, 2.45) is 0 Å². The highest BCUT2D eigenvalue weighted by atomic mass is 32.2. The standard InChI is InChI=1S/C13H14N4O5S3/c1-25(21,22)16-4-2-3-10(16)12(18)15-13-14-9(7-24-13)11-5-8(6-23-11)17(19)20/h5-7,10H,2-4H2,1H3,(H,14,15,18). The van der Waals surface area contributed by atoms with E-state index in [1.165, 1.54) is 38.4 Å². The summed E-state index contributed by atoms with van der Waals surface area (Å²) in [5.74, 6) is -0.416. The number of nitrogens with zero attached hydrogens (tertiary/aromatic N) is 3. The van der Waals surface area contributed by atoms with E-state index in [0.29, 0.717) is 35.1 Å². The minimum atomic E-state index is -3.44. The Labute approximate surface area is 151 Å². The Morgan fingerprint density at radius 2 is 2.20 bits per heavy atom. The van der Waals surface area contributed by atoms with Crippen molar-refractivity contribution < 1.29 is 18.1 Å². The fourth-order valence-corrected chi connectivity index (χ4v) is 5.32. The normalized spacial score (nSPS) is 18.4. The van der Waals surface area contributed by atoms with Crippen molar-refractivity contribution in [2.75, 3.05) is 18.1 Å². The number of thiazole rings is 1. The summed E-state index contributed by atoms with van der Waals surface area (Å²) in [5.41, 5.74) is 0.526. The molecule has 134 valence electrons. The summed E-state index contributed by atoms with van der Waals surface area (Å²) < 4.78 is 24.6. The maximum Gasteiger partial charge on any atom is 0.280 e. The molecule has 2 aromatic heterocycles. The van der Waals surface area contributed by atoms with Crippen LogP contribution in [0.5, 0.6) is 0 Å². The third-order valence-corrected chi connectivity index (χ3v) is 6.70. The Bertz CT molecular complexity index is 920. The quantitative estimate of drug-likeness (QED) is 0.604. The van der Waals surface area contributed by atoms with Crippen molar-refractivity contribution >= 4 is 49.4 Å². The van der Waals surface area contributed by atoms with Crippen molar-refractivity contribution in [3.63, 3.8) is 0 Å². The van der Waals surface area contributed by atoms with Crippen LogP contribution in [0.15, 0.2) is 16.8 Å². The topological polar surface area (TPSA) is 123 Å². The molecule has 3 rings (SSSR count). The first-order valence-electron chi connectivity index (χ1n) is 7.22. The SMILES string of the molecule is CS(=O)(=O)N1CCCC1C(=O)Nc1nc(-c2cc([N+](=O)[O-])cs2)cs1. The number of carbonyl (C=O) groups excluding carboxylic acids is 1. The largest absolute Gasteiger partial charge is 0.301 e. The number of aromatic nitrogens is 1. The highest BCUT2D eigenvalue weighted by molar-refractivity contribution is 7.88. The molecule has 1 fully saturated rings. The molecular weight excluding hydrogens is 388 g/mol. The van der Waals surface area contributed by atoms with Crippen LogP contribution in [-0.4, -0.2) is 47.4 Å². The predicted molar refractivity (Wildman–Crippen MR) is 95.3 cm³/mol. The fourth-order valence-electron chi connectivity index (χ4n) is 2.59. The summed E-state index contributed by atoms with van der Waals surface area (Å²) in [6.07, 6.45) is 2.19. The van der Waals surface area contributed by atoms with Gasteiger partial charge in [-0.25, -0.2) is 13.4 Å². The third kappa shape index (κ3) is 3.86. The molecule has 1 aliphatic heterocycles. The summed E-state index contributed by atoms with van der Waals surface area (Å²) >= 11 is 2.38. The van der Waals surface area contributed by atoms with Gasteiger partial charge in [0.2, 0.25) is 15.9 Å². The van der Waals surface area contributed by atoms with Gasteiger partial charge in [-0.2, -0.15) is 4.31 Å². The van der Waals surface area contributed by atoms with Crippen LogP contribution in [0.4, 0.5) is 10.8 Å². The molecule has 0 spiro atoms. The Balaban J connectivity index is 1.72. The number of nitro groups is 1. The predicted octanol–water partition coefficient (Wildman–Crippen LogP) is 2.14. The molecule has 12 heteroatoms. The van der Waals surface area contributed by atoms with Gasteiger partial charge in [0.25, 0.3) is 5.69 Å². The summed E-state index contributed by atoms with van der Waals surface area (Å²) in [6.45, 7) is 0.332. The van der Waals surface area contributed by atoms with Crippen molar-refractivity contribution in [1.29, 1.82) is 0 Å². The second-order valence-corrected chi connectivity index (χ2v) is 9.19. The highest BCUT2D eigenvalue weighted by Crippen LogP contribution is 2.33. The Morgan fingerprint density at radius 3 is 2.84 bits per heavy atom. The van der Waals surface area contributed by atoms with Crippen LogP contribution < -0.4 is 5.32 Å². The van der Waals surface area contributed by atoms with E-state index in [-0.39, 0.29) is 5.69 Å². The lowest BCUT2D eigenvalue weighted by molar-refractivity contribution is -0.384. The van der Waals surface area contributed by atoms with Gasteiger partial charge in [0.15, 0.2) is 5.13 Å². The molecule has 1 N–H and O–H groups in total. The minimum absolute atomic E-state index is 0.00617.